The molecule has 2 fully saturated rings. The number of hydrogen-bond acceptors (Lipinski definition) is 6. The van der Waals surface area contributed by atoms with Gasteiger partial charge in [0.05, 0.1) is 15.6 Å². The summed E-state index contributed by atoms with van der Waals surface area (Å²) in [6, 6.07) is 13.6. The van der Waals surface area contributed by atoms with Crippen LogP contribution in [0.3, 0.4) is 0 Å². The molecule has 0 radical (unpaired) electrons. The second kappa shape index (κ2) is 12.4. The maximum atomic E-state index is 13.1. The van der Waals surface area contributed by atoms with Crippen molar-refractivity contribution in [3.63, 3.8) is 0 Å². The number of hydrogen-bond donors (Lipinski definition) is 1. The third-order valence-corrected chi connectivity index (χ3v) is 8.27. The molecule has 2 aromatic heterocycles. The van der Waals surface area contributed by atoms with Crippen LogP contribution in [0.15, 0.2) is 54.9 Å². The third-order valence-electron chi connectivity index (χ3n) is 7.67. The van der Waals surface area contributed by atoms with Crippen molar-refractivity contribution in [2.45, 2.75) is 57.4 Å². The Hall–Kier alpha value is -3.17. The molecule has 8 nitrogen and oxygen atoms in total. The summed E-state index contributed by atoms with van der Waals surface area (Å²) in [4.78, 5) is 17.2. The molecule has 41 heavy (non-hydrogen) atoms. The summed E-state index contributed by atoms with van der Waals surface area (Å²) in [7, 11) is 0. The minimum Gasteiger partial charge on any atom is -0.486 e. The molecule has 1 amide bonds. The molecule has 2 atom stereocenters. The van der Waals surface area contributed by atoms with Gasteiger partial charge in [0.1, 0.15) is 17.5 Å². The second-order valence-corrected chi connectivity index (χ2v) is 11.3. The van der Waals surface area contributed by atoms with Gasteiger partial charge < -0.3 is 19.5 Å². The molecular formula is C31H32Cl2N4O4. The van der Waals surface area contributed by atoms with Gasteiger partial charge in [-0.05, 0) is 69.4 Å². The van der Waals surface area contributed by atoms with Crippen LogP contribution in [0.25, 0.3) is 22.2 Å². The molecule has 2 aromatic carbocycles. The van der Waals surface area contributed by atoms with Gasteiger partial charge in [-0.2, -0.15) is 5.10 Å². The molecule has 1 N–H and O–H groups in total. The lowest BCUT2D eigenvalue weighted by Crippen LogP contribution is -2.38. The molecule has 0 bridgehead atoms. The number of amides is 1. The molecule has 6 rings (SSSR count). The van der Waals surface area contributed by atoms with Crippen LogP contribution in [0, 0.1) is 0 Å². The van der Waals surface area contributed by atoms with Gasteiger partial charge >= 0.3 is 0 Å². The average Bonchev–Trinajstić information content (AvgIpc) is 3.37. The number of rotatable bonds is 7. The first-order valence-electron chi connectivity index (χ1n) is 14.1. The van der Waals surface area contributed by atoms with Crippen molar-refractivity contribution in [1.82, 2.24) is 20.1 Å². The number of nitrogens with zero attached hydrogens (tertiary/aromatic N) is 3. The van der Waals surface area contributed by atoms with Gasteiger partial charge in [0.25, 0.3) is 5.91 Å². The van der Waals surface area contributed by atoms with Gasteiger partial charge in [-0.1, -0.05) is 35.3 Å². The number of carbonyl (C=O) groups excluding carboxylic acids is 1. The fourth-order valence-corrected chi connectivity index (χ4v) is 6.21. The van der Waals surface area contributed by atoms with Crippen molar-refractivity contribution < 1.29 is 19.0 Å². The average molecular weight is 596 g/mol. The Morgan fingerprint density at radius 3 is 2.61 bits per heavy atom. The minimum atomic E-state index is -0.409. The van der Waals surface area contributed by atoms with E-state index in [4.69, 9.17) is 42.5 Å². The molecule has 4 heterocycles. The van der Waals surface area contributed by atoms with E-state index in [1.165, 1.54) is 0 Å². The first kappa shape index (κ1) is 28.0. The SMILES string of the molecule is C[C@@H](Oc1ccc2c(c1)c(-c1cccc(C(=O)NC3CCOCC3)c1)nn2C1CCCCO1)c1c(Cl)cncc1Cl. The van der Waals surface area contributed by atoms with Crippen LogP contribution in [0.1, 0.15) is 67.3 Å². The van der Waals surface area contributed by atoms with Crippen molar-refractivity contribution in [3.8, 4) is 17.0 Å². The van der Waals surface area contributed by atoms with E-state index in [-0.39, 0.29) is 18.2 Å². The summed E-state index contributed by atoms with van der Waals surface area (Å²) in [5.74, 6) is 0.551. The summed E-state index contributed by atoms with van der Waals surface area (Å²) in [6.45, 7) is 3.94. The molecule has 214 valence electrons. The molecule has 0 aliphatic carbocycles. The Labute approximate surface area is 248 Å². The van der Waals surface area contributed by atoms with E-state index >= 15 is 0 Å². The maximum Gasteiger partial charge on any atom is 0.251 e. The van der Waals surface area contributed by atoms with Crippen LogP contribution in [0.2, 0.25) is 10.0 Å². The zero-order chi connectivity index (χ0) is 28.3. The molecule has 0 spiro atoms. The van der Waals surface area contributed by atoms with Gasteiger partial charge in [0.2, 0.25) is 0 Å². The first-order valence-corrected chi connectivity index (χ1v) is 14.8. The van der Waals surface area contributed by atoms with Crippen LogP contribution in [0.5, 0.6) is 5.75 Å². The predicted molar refractivity (Wildman–Crippen MR) is 159 cm³/mol. The standard InChI is InChI=1S/C31H32Cl2N4O4/c1-19(29-25(32)17-34-18-26(29)33)41-23-8-9-27-24(16-23)30(36-37(27)28-7-2-3-12-40-28)20-5-4-6-21(15-20)31(38)35-22-10-13-39-14-11-22/h4-6,8-9,15-19,22,28H,2-3,7,10-14H2,1H3,(H,35,38)/t19-,28?/m1/s1. The smallest absolute Gasteiger partial charge is 0.251 e. The van der Waals surface area contributed by atoms with Crippen LogP contribution < -0.4 is 10.1 Å². The van der Waals surface area contributed by atoms with E-state index in [9.17, 15) is 4.79 Å². The number of nitrogens with one attached hydrogen (secondary N) is 1. The third kappa shape index (κ3) is 6.06. The highest BCUT2D eigenvalue weighted by molar-refractivity contribution is 6.35. The fourth-order valence-electron chi connectivity index (χ4n) is 5.53. The summed E-state index contributed by atoms with van der Waals surface area (Å²) in [5, 5.41) is 9.99. The molecule has 2 aliphatic rings. The van der Waals surface area contributed by atoms with Crippen LogP contribution in [0.4, 0.5) is 0 Å². The number of halogens is 2. The molecule has 2 saturated heterocycles. The zero-order valence-electron chi connectivity index (χ0n) is 22.8. The Morgan fingerprint density at radius 2 is 1.85 bits per heavy atom. The van der Waals surface area contributed by atoms with E-state index in [1.54, 1.807) is 12.4 Å². The Balaban J connectivity index is 1.36. The molecule has 2 aliphatic heterocycles. The number of fused-ring (bicyclic) bond motifs is 1. The zero-order valence-corrected chi connectivity index (χ0v) is 24.3. The highest BCUT2D eigenvalue weighted by Crippen LogP contribution is 2.37. The normalized spacial score (nSPS) is 18.8. The lowest BCUT2D eigenvalue weighted by Gasteiger charge is -2.23. The first-order chi connectivity index (χ1) is 20.0. The molecule has 4 aromatic rings. The number of carbonyl (C=O) groups is 1. The number of benzene rings is 2. The van der Waals surface area contributed by atoms with Crippen molar-refractivity contribution in [3.05, 3.63) is 76.0 Å². The van der Waals surface area contributed by atoms with E-state index < -0.39 is 6.10 Å². The highest BCUT2D eigenvalue weighted by atomic mass is 35.5. The molecule has 0 saturated carbocycles. The fraction of sp³-hybridized carbons (Fsp3) is 0.387. The van der Waals surface area contributed by atoms with Crippen molar-refractivity contribution >= 4 is 40.0 Å². The van der Waals surface area contributed by atoms with Crippen LogP contribution in [-0.2, 0) is 9.47 Å². The van der Waals surface area contributed by atoms with Crippen molar-refractivity contribution in [2.75, 3.05) is 19.8 Å². The minimum absolute atomic E-state index is 0.0953. The quantitative estimate of drug-likeness (QED) is 0.244. The van der Waals surface area contributed by atoms with Crippen molar-refractivity contribution in [1.29, 1.82) is 0 Å². The van der Waals surface area contributed by atoms with Gasteiger partial charge in [-0.15, -0.1) is 0 Å². The van der Waals surface area contributed by atoms with Gasteiger partial charge in [-0.3, -0.25) is 9.78 Å². The lowest BCUT2D eigenvalue weighted by atomic mass is 10.0. The van der Waals surface area contributed by atoms with E-state index in [0.717, 1.165) is 54.3 Å². The second-order valence-electron chi connectivity index (χ2n) is 10.5. The number of aromatic nitrogens is 3. The number of ether oxygens (including phenoxy) is 3. The van der Waals surface area contributed by atoms with Gasteiger partial charge in [-0.25, -0.2) is 4.68 Å². The lowest BCUT2D eigenvalue weighted by molar-refractivity contribution is -0.0365. The van der Waals surface area contributed by atoms with Crippen LogP contribution in [-0.4, -0.2) is 46.5 Å². The Kier molecular flexibility index (Phi) is 8.44. The molecular weight excluding hydrogens is 563 g/mol. The Bertz CT molecular complexity index is 1530. The summed E-state index contributed by atoms with van der Waals surface area (Å²) < 4.78 is 19.8. The topological polar surface area (TPSA) is 87.5 Å². The Morgan fingerprint density at radius 1 is 1.05 bits per heavy atom. The summed E-state index contributed by atoms with van der Waals surface area (Å²) in [5.41, 5.74) is 3.80. The summed E-state index contributed by atoms with van der Waals surface area (Å²) >= 11 is 12.8. The monoisotopic (exact) mass is 594 g/mol. The number of pyridine rings is 1. The van der Waals surface area contributed by atoms with Gasteiger partial charge in [0, 0.05) is 60.3 Å². The van der Waals surface area contributed by atoms with Crippen molar-refractivity contribution in [2.24, 2.45) is 0 Å². The van der Waals surface area contributed by atoms with E-state index in [0.29, 0.717) is 46.7 Å². The van der Waals surface area contributed by atoms with Crippen LogP contribution >= 0.6 is 23.2 Å². The predicted octanol–water partition coefficient (Wildman–Crippen LogP) is 7.15. The molecule has 1 unspecified atom stereocenters. The van der Waals surface area contributed by atoms with E-state index in [2.05, 4.69) is 10.3 Å². The summed E-state index contributed by atoms with van der Waals surface area (Å²) in [6.07, 6.45) is 7.20. The largest absolute Gasteiger partial charge is 0.486 e. The molecule has 10 heteroatoms. The van der Waals surface area contributed by atoms with Gasteiger partial charge in [0.15, 0.2) is 6.23 Å². The van der Waals surface area contributed by atoms with E-state index in [1.807, 2.05) is 54.1 Å². The maximum absolute atomic E-state index is 13.1. The highest BCUT2D eigenvalue weighted by Gasteiger charge is 2.24.